The molecule has 0 heterocycles. The fraction of sp³-hybridized carbons (Fsp3) is 0.333. The monoisotopic (exact) mass is 347 g/mol. The Morgan fingerprint density at radius 1 is 1.14 bits per heavy atom. The summed E-state index contributed by atoms with van der Waals surface area (Å²) in [5.74, 6) is 0. The molecule has 0 aliphatic heterocycles. The number of ether oxygens (including phenoxy) is 1. The van der Waals surface area contributed by atoms with Crippen LogP contribution in [0.3, 0.4) is 0 Å². The molecule has 2 aromatic carbocycles. The van der Waals surface area contributed by atoms with Gasteiger partial charge in [0.2, 0.25) is 0 Å². The van der Waals surface area contributed by atoms with Crippen LogP contribution in [0.15, 0.2) is 46.9 Å². The Morgan fingerprint density at radius 3 is 2.48 bits per heavy atom. The quantitative estimate of drug-likeness (QED) is 0.842. The zero-order chi connectivity index (χ0) is 15.2. The first-order valence-electron chi connectivity index (χ1n) is 7.17. The van der Waals surface area contributed by atoms with Crippen molar-refractivity contribution in [3.05, 3.63) is 69.2 Å². The Kier molecular flexibility index (Phi) is 5.97. The molecule has 2 rings (SSSR count). The van der Waals surface area contributed by atoms with Crippen LogP contribution in [0.1, 0.15) is 28.3 Å². The van der Waals surface area contributed by atoms with Crippen LogP contribution in [0.5, 0.6) is 0 Å². The van der Waals surface area contributed by atoms with E-state index in [4.69, 9.17) is 4.74 Å². The van der Waals surface area contributed by atoms with Gasteiger partial charge in [0, 0.05) is 11.6 Å². The molecule has 2 aromatic rings. The number of benzene rings is 2. The van der Waals surface area contributed by atoms with Crippen LogP contribution in [0.4, 0.5) is 0 Å². The molecule has 1 N–H and O–H groups in total. The first-order valence-corrected chi connectivity index (χ1v) is 7.96. The standard InChI is InChI=1S/C18H22BrNO/c1-13-16(5-4-6-17(13)19)18(20-2)15-9-7-14(8-10-15)11-12-21-3/h4-10,18,20H,11-12H2,1-3H3. The van der Waals surface area contributed by atoms with E-state index >= 15 is 0 Å². The van der Waals surface area contributed by atoms with Gasteiger partial charge in [0.25, 0.3) is 0 Å². The van der Waals surface area contributed by atoms with Crippen LogP contribution >= 0.6 is 15.9 Å². The van der Waals surface area contributed by atoms with Crippen molar-refractivity contribution in [3.8, 4) is 0 Å². The molecule has 0 aliphatic rings. The maximum absolute atomic E-state index is 5.13. The summed E-state index contributed by atoms with van der Waals surface area (Å²) >= 11 is 3.61. The van der Waals surface area contributed by atoms with E-state index in [-0.39, 0.29) is 6.04 Å². The van der Waals surface area contributed by atoms with Crippen molar-refractivity contribution < 1.29 is 4.74 Å². The molecule has 1 atom stereocenters. The van der Waals surface area contributed by atoms with Gasteiger partial charge >= 0.3 is 0 Å². The predicted molar refractivity (Wildman–Crippen MR) is 91.8 cm³/mol. The molecule has 0 aliphatic carbocycles. The second-order valence-electron chi connectivity index (χ2n) is 5.16. The molecule has 0 saturated heterocycles. The highest BCUT2D eigenvalue weighted by atomic mass is 79.9. The number of nitrogens with one attached hydrogen (secondary N) is 1. The van der Waals surface area contributed by atoms with Crippen LogP contribution in [0.2, 0.25) is 0 Å². The van der Waals surface area contributed by atoms with Crippen molar-refractivity contribution in [1.29, 1.82) is 0 Å². The van der Waals surface area contributed by atoms with E-state index in [0.717, 1.165) is 17.5 Å². The van der Waals surface area contributed by atoms with Crippen LogP contribution < -0.4 is 5.32 Å². The van der Waals surface area contributed by atoms with E-state index in [1.165, 1.54) is 22.3 Å². The van der Waals surface area contributed by atoms with Crippen molar-refractivity contribution in [2.45, 2.75) is 19.4 Å². The van der Waals surface area contributed by atoms with Gasteiger partial charge < -0.3 is 10.1 Å². The molecule has 0 radical (unpaired) electrons. The molecule has 0 aromatic heterocycles. The number of hydrogen-bond acceptors (Lipinski definition) is 2. The second kappa shape index (κ2) is 7.74. The highest BCUT2D eigenvalue weighted by Crippen LogP contribution is 2.29. The molecule has 0 amide bonds. The van der Waals surface area contributed by atoms with E-state index < -0.39 is 0 Å². The van der Waals surface area contributed by atoms with E-state index in [2.05, 4.69) is 70.6 Å². The van der Waals surface area contributed by atoms with Gasteiger partial charge in [0.1, 0.15) is 0 Å². The van der Waals surface area contributed by atoms with Crippen molar-refractivity contribution in [2.24, 2.45) is 0 Å². The van der Waals surface area contributed by atoms with Gasteiger partial charge in [-0.2, -0.15) is 0 Å². The van der Waals surface area contributed by atoms with Gasteiger partial charge in [-0.1, -0.05) is 52.3 Å². The van der Waals surface area contributed by atoms with E-state index in [1.807, 2.05) is 7.05 Å². The fourth-order valence-electron chi connectivity index (χ4n) is 2.54. The minimum absolute atomic E-state index is 0.207. The second-order valence-corrected chi connectivity index (χ2v) is 6.01. The molecule has 0 bridgehead atoms. The topological polar surface area (TPSA) is 21.3 Å². The average Bonchev–Trinajstić information content (AvgIpc) is 2.51. The lowest BCUT2D eigenvalue weighted by Gasteiger charge is -2.20. The minimum atomic E-state index is 0.207. The molecule has 21 heavy (non-hydrogen) atoms. The van der Waals surface area contributed by atoms with Gasteiger partial charge in [-0.3, -0.25) is 0 Å². The van der Waals surface area contributed by atoms with Crippen molar-refractivity contribution in [2.75, 3.05) is 20.8 Å². The Balaban J connectivity index is 2.27. The zero-order valence-electron chi connectivity index (χ0n) is 12.8. The summed E-state index contributed by atoms with van der Waals surface area (Å²) in [5.41, 5.74) is 5.16. The molecule has 0 saturated carbocycles. The van der Waals surface area contributed by atoms with Crippen LogP contribution in [-0.2, 0) is 11.2 Å². The van der Waals surface area contributed by atoms with E-state index in [1.54, 1.807) is 7.11 Å². The normalized spacial score (nSPS) is 12.4. The summed E-state index contributed by atoms with van der Waals surface area (Å²) in [6, 6.07) is 15.3. The van der Waals surface area contributed by atoms with Gasteiger partial charge in [-0.25, -0.2) is 0 Å². The Morgan fingerprint density at radius 2 is 1.86 bits per heavy atom. The summed E-state index contributed by atoms with van der Waals surface area (Å²) < 4.78 is 6.28. The lowest BCUT2D eigenvalue weighted by atomic mass is 9.94. The Hall–Kier alpha value is -1.16. The summed E-state index contributed by atoms with van der Waals surface area (Å²) in [6.45, 7) is 2.91. The van der Waals surface area contributed by atoms with Crippen molar-refractivity contribution in [1.82, 2.24) is 5.32 Å². The zero-order valence-corrected chi connectivity index (χ0v) is 14.4. The third-order valence-electron chi connectivity index (χ3n) is 3.82. The summed E-state index contributed by atoms with van der Waals surface area (Å²) in [4.78, 5) is 0. The molecule has 1 unspecified atom stereocenters. The van der Waals surface area contributed by atoms with Gasteiger partial charge in [0.05, 0.1) is 12.6 Å². The van der Waals surface area contributed by atoms with Crippen LogP contribution in [-0.4, -0.2) is 20.8 Å². The first kappa shape index (κ1) is 16.2. The van der Waals surface area contributed by atoms with Crippen LogP contribution in [0, 0.1) is 6.92 Å². The maximum atomic E-state index is 5.13. The first-order chi connectivity index (χ1) is 10.2. The SMILES string of the molecule is CNC(c1ccc(CCOC)cc1)c1cccc(Br)c1C. The number of halogens is 1. The molecule has 0 fully saturated rings. The number of methoxy groups -OCH3 is 1. The lowest BCUT2D eigenvalue weighted by Crippen LogP contribution is -2.18. The number of hydrogen-bond donors (Lipinski definition) is 1. The van der Waals surface area contributed by atoms with E-state index in [0.29, 0.717) is 0 Å². The summed E-state index contributed by atoms with van der Waals surface area (Å²) in [7, 11) is 3.74. The molecule has 3 heteroatoms. The fourth-order valence-corrected chi connectivity index (χ4v) is 2.92. The lowest BCUT2D eigenvalue weighted by molar-refractivity contribution is 0.202. The molecule has 112 valence electrons. The van der Waals surface area contributed by atoms with Gasteiger partial charge in [0.15, 0.2) is 0 Å². The highest BCUT2D eigenvalue weighted by Gasteiger charge is 2.15. The third-order valence-corrected chi connectivity index (χ3v) is 4.68. The summed E-state index contributed by atoms with van der Waals surface area (Å²) in [5, 5.41) is 3.42. The molecular weight excluding hydrogens is 326 g/mol. The molecule has 0 spiro atoms. The smallest absolute Gasteiger partial charge is 0.0577 e. The largest absolute Gasteiger partial charge is 0.384 e. The minimum Gasteiger partial charge on any atom is -0.384 e. The Labute approximate surface area is 135 Å². The maximum Gasteiger partial charge on any atom is 0.0577 e. The van der Waals surface area contributed by atoms with E-state index in [9.17, 15) is 0 Å². The van der Waals surface area contributed by atoms with Crippen molar-refractivity contribution >= 4 is 15.9 Å². The predicted octanol–water partition coefficient (Wildman–Crippen LogP) is 4.26. The van der Waals surface area contributed by atoms with Gasteiger partial charge in [-0.15, -0.1) is 0 Å². The van der Waals surface area contributed by atoms with Gasteiger partial charge in [-0.05, 0) is 48.7 Å². The van der Waals surface area contributed by atoms with Crippen molar-refractivity contribution in [3.63, 3.8) is 0 Å². The summed E-state index contributed by atoms with van der Waals surface area (Å²) in [6.07, 6.45) is 0.955. The molecular formula is C18H22BrNO. The Bertz CT molecular complexity index is 580. The number of rotatable bonds is 6. The highest BCUT2D eigenvalue weighted by molar-refractivity contribution is 9.10. The molecule has 2 nitrogen and oxygen atoms in total. The van der Waals surface area contributed by atoms with Crippen LogP contribution in [0.25, 0.3) is 0 Å². The third kappa shape index (κ3) is 3.94. The average molecular weight is 348 g/mol.